The van der Waals surface area contributed by atoms with Crippen LogP contribution in [0.2, 0.25) is 0 Å². The first kappa shape index (κ1) is 20.3. The Labute approximate surface area is 182 Å². The van der Waals surface area contributed by atoms with Crippen LogP contribution < -0.4 is 10.5 Å². The number of nitrogens with zero attached hydrogens (tertiary/aromatic N) is 3. The van der Waals surface area contributed by atoms with Crippen molar-refractivity contribution in [1.29, 1.82) is 15.8 Å². The maximum Gasteiger partial charge on any atom is 0.191 e. The zero-order valence-corrected chi connectivity index (χ0v) is 17.1. The minimum Gasteiger partial charge on any atom is -0.489 e. The van der Waals surface area contributed by atoms with Crippen molar-refractivity contribution in [2.24, 2.45) is 17.1 Å². The largest absolute Gasteiger partial charge is 0.489 e. The molecule has 0 radical (unpaired) electrons. The van der Waals surface area contributed by atoms with Crippen molar-refractivity contribution in [2.45, 2.75) is 31.8 Å². The molecule has 2 aliphatic carbocycles. The average molecular weight is 406 g/mol. The highest BCUT2D eigenvalue weighted by Crippen LogP contribution is 2.55. The smallest absolute Gasteiger partial charge is 0.191 e. The Balaban J connectivity index is 1.70. The maximum absolute atomic E-state index is 10.1. The van der Waals surface area contributed by atoms with Crippen LogP contribution in [0.1, 0.15) is 36.3 Å². The van der Waals surface area contributed by atoms with Crippen LogP contribution in [0.25, 0.3) is 0 Å². The van der Waals surface area contributed by atoms with Gasteiger partial charge in [0.2, 0.25) is 0 Å². The third-order valence-electron chi connectivity index (χ3n) is 6.29. The molecule has 152 valence electrons. The molecule has 0 aliphatic heterocycles. The Morgan fingerprint density at radius 2 is 1.71 bits per heavy atom. The molecule has 0 fully saturated rings. The molecule has 0 amide bonds. The summed E-state index contributed by atoms with van der Waals surface area (Å²) >= 11 is 0. The molecular weight excluding hydrogens is 384 g/mol. The Kier molecular flexibility index (Phi) is 5.48. The minimum absolute atomic E-state index is 0.0683. The van der Waals surface area contributed by atoms with Crippen LogP contribution in [0, 0.1) is 45.3 Å². The van der Waals surface area contributed by atoms with E-state index in [9.17, 15) is 15.8 Å². The number of nitrogens with two attached hydrogens (primary N) is 1. The number of benzene rings is 2. The van der Waals surface area contributed by atoms with E-state index in [1.54, 1.807) is 0 Å². The predicted molar refractivity (Wildman–Crippen MR) is 116 cm³/mol. The molecule has 0 heterocycles. The van der Waals surface area contributed by atoms with Crippen molar-refractivity contribution in [2.75, 3.05) is 0 Å². The Bertz CT molecular complexity index is 1140. The van der Waals surface area contributed by atoms with Gasteiger partial charge in [0.15, 0.2) is 5.41 Å². The molecule has 31 heavy (non-hydrogen) atoms. The highest BCUT2D eigenvalue weighted by molar-refractivity contribution is 5.59. The lowest BCUT2D eigenvalue weighted by atomic mass is 9.57. The number of nitriles is 3. The zero-order chi connectivity index (χ0) is 21.8. The molecular formula is C26H22N4O. The second-order valence-corrected chi connectivity index (χ2v) is 7.95. The van der Waals surface area contributed by atoms with E-state index in [1.165, 1.54) is 0 Å². The van der Waals surface area contributed by atoms with Gasteiger partial charge in [-0.1, -0.05) is 48.5 Å². The topological polar surface area (TPSA) is 107 Å². The molecule has 0 saturated carbocycles. The summed E-state index contributed by atoms with van der Waals surface area (Å²) in [6.07, 6.45) is 4.68. The van der Waals surface area contributed by atoms with E-state index in [4.69, 9.17) is 10.5 Å². The summed E-state index contributed by atoms with van der Waals surface area (Å²) in [6, 6.07) is 23.9. The van der Waals surface area contributed by atoms with Crippen LogP contribution in [-0.4, -0.2) is 0 Å². The molecule has 0 aromatic heterocycles. The fourth-order valence-corrected chi connectivity index (χ4v) is 4.76. The summed E-state index contributed by atoms with van der Waals surface area (Å²) in [4.78, 5) is 0. The number of allylic oxidation sites excluding steroid dienone is 4. The highest BCUT2D eigenvalue weighted by atomic mass is 16.5. The first-order valence-corrected chi connectivity index (χ1v) is 10.3. The van der Waals surface area contributed by atoms with Crippen LogP contribution in [0.4, 0.5) is 0 Å². The van der Waals surface area contributed by atoms with Gasteiger partial charge >= 0.3 is 0 Å². The zero-order valence-electron chi connectivity index (χ0n) is 17.1. The van der Waals surface area contributed by atoms with Gasteiger partial charge in [0.25, 0.3) is 0 Å². The molecule has 0 spiro atoms. The van der Waals surface area contributed by atoms with Gasteiger partial charge in [-0.25, -0.2) is 0 Å². The number of hydrogen-bond donors (Lipinski definition) is 1. The molecule has 4 rings (SSSR count). The fourth-order valence-electron chi connectivity index (χ4n) is 4.76. The normalized spacial score (nSPS) is 21.6. The lowest BCUT2D eigenvalue weighted by Crippen LogP contribution is -2.42. The van der Waals surface area contributed by atoms with E-state index in [2.05, 4.69) is 18.2 Å². The monoisotopic (exact) mass is 406 g/mol. The van der Waals surface area contributed by atoms with Gasteiger partial charge in [-0.05, 0) is 54.0 Å². The summed E-state index contributed by atoms with van der Waals surface area (Å²) < 4.78 is 5.88. The number of fused-ring (bicyclic) bond motifs is 1. The lowest BCUT2D eigenvalue weighted by molar-refractivity contribution is 0.303. The SMILES string of the molecule is N#CC1=C(N)C(C#N)(C#N)[C@H](c2ccc(OCc3ccccc3)cc2)[C@@H]2CCCC=C12. The van der Waals surface area contributed by atoms with E-state index in [1.807, 2.05) is 60.7 Å². The second kappa shape index (κ2) is 8.39. The standard InChI is InChI=1S/C26H22N4O/c27-14-23-21-8-4-5-9-22(21)24(26(16-28,17-29)25(23)30)19-10-12-20(13-11-19)31-15-18-6-2-1-3-7-18/h1-3,6-8,10-13,22,24H,4-5,9,15,30H2/t22-,24-/m1/s1. The van der Waals surface area contributed by atoms with Crippen LogP contribution in [0.15, 0.2) is 77.5 Å². The van der Waals surface area contributed by atoms with Gasteiger partial charge < -0.3 is 10.5 Å². The molecule has 2 aromatic carbocycles. The van der Waals surface area contributed by atoms with E-state index in [0.717, 1.165) is 36.0 Å². The molecule has 2 N–H and O–H groups in total. The predicted octanol–water partition coefficient (Wildman–Crippen LogP) is 4.86. The molecule has 2 atom stereocenters. The minimum atomic E-state index is -1.57. The van der Waals surface area contributed by atoms with Crippen LogP contribution in [0.3, 0.4) is 0 Å². The average Bonchev–Trinajstić information content (AvgIpc) is 2.83. The van der Waals surface area contributed by atoms with E-state index in [-0.39, 0.29) is 11.6 Å². The van der Waals surface area contributed by atoms with Crippen LogP contribution >= 0.6 is 0 Å². The summed E-state index contributed by atoms with van der Waals surface area (Å²) in [7, 11) is 0. The molecule has 2 aliphatic rings. The molecule has 2 aromatic rings. The summed E-state index contributed by atoms with van der Waals surface area (Å²) in [5.74, 6) is 0.184. The molecule has 0 bridgehead atoms. The Morgan fingerprint density at radius 3 is 2.35 bits per heavy atom. The van der Waals surface area contributed by atoms with E-state index < -0.39 is 11.3 Å². The van der Waals surface area contributed by atoms with Crippen molar-refractivity contribution in [1.82, 2.24) is 0 Å². The highest BCUT2D eigenvalue weighted by Gasteiger charge is 2.53. The summed E-state index contributed by atoms with van der Waals surface area (Å²) in [6.45, 7) is 0.459. The van der Waals surface area contributed by atoms with Crippen molar-refractivity contribution in [3.05, 3.63) is 88.6 Å². The first-order valence-electron chi connectivity index (χ1n) is 10.3. The quantitative estimate of drug-likeness (QED) is 0.780. The number of ether oxygens (including phenoxy) is 1. The lowest BCUT2D eigenvalue weighted by Gasteiger charge is -2.43. The van der Waals surface area contributed by atoms with Gasteiger partial charge in [-0.3, -0.25) is 0 Å². The molecule has 0 saturated heterocycles. The Hall–Kier alpha value is -4.01. The van der Waals surface area contributed by atoms with Crippen molar-refractivity contribution >= 4 is 0 Å². The Morgan fingerprint density at radius 1 is 1.00 bits per heavy atom. The van der Waals surface area contributed by atoms with Gasteiger partial charge in [0, 0.05) is 5.92 Å². The maximum atomic E-state index is 10.1. The van der Waals surface area contributed by atoms with E-state index in [0.29, 0.717) is 17.9 Å². The van der Waals surface area contributed by atoms with Crippen LogP contribution in [0.5, 0.6) is 5.75 Å². The van der Waals surface area contributed by atoms with Gasteiger partial charge in [-0.15, -0.1) is 0 Å². The molecule has 5 heteroatoms. The summed E-state index contributed by atoms with van der Waals surface area (Å²) in [5.41, 5.74) is 7.91. The second-order valence-electron chi connectivity index (χ2n) is 7.95. The third-order valence-corrected chi connectivity index (χ3v) is 6.29. The van der Waals surface area contributed by atoms with Crippen molar-refractivity contribution in [3.63, 3.8) is 0 Å². The number of hydrogen-bond acceptors (Lipinski definition) is 5. The molecule has 0 unspecified atom stereocenters. The van der Waals surface area contributed by atoms with E-state index >= 15 is 0 Å². The van der Waals surface area contributed by atoms with Gasteiger partial charge in [0.05, 0.1) is 23.4 Å². The van der Waals surface area contributed by atoms with Gasteiger partial charge in [-0.2, -0.15) is 15.8 Å². The van der Waals surface area contributed by atoms with Crippen molar-refractivity contribution in [3.8, 4) is 24.0 Å². The third kappa shape index (κ3) is 3.43. The van der Waals surface area contributed by atoms with Crippen molar-refractivity contribution < 1.29 is 4.74 Å². The first-order chi connectivity index (χ1) is 15.1. The summed E-state index contributed by atoms with van der Waals surface area (Å²) in [5, 5.41) is 29.8. The number of rotatable bonds is 4. The van der Waals surface area contributed by atoms with Gasteiger partial charge in [0.1, 0.15) is 18.4 Å². The van der Waals surface area contributed by atoms with Crippen LogP contribution in [-0.2, 0) is 6.61 Å². The fraction of sp³-hybridized carbons (Fsp3) is 0.269. The molecule has 5 nitrogen and oxygen atoms in total.